The zero-order valence-corrected chi connectivity index (χ0v) is 15.2. The van der Waals surface area contributed by atoms with Crippen molar-refractivity contribution < 1.29 is 9.84 Å². The number of nitrogens with zero attached hydrogens (tertiary/aromatic N) is 1. The average molecular weight is 361 g/mol. The van der Waals surface area contributed by atoms with Crippen LogP contribution in [-0.2, 0) is 0 Å². The van der Waals surface area contributed by atoms with Crippen LogP contribution in [0, 0.1) is 0 Å². The van der Waals surface area contributed by atoms with Gasteiger partial charge in [0.15, 0.2) is 0 Å². The van der Waals surface area contributed by atoms with E-state index in [-0.39, 0.29) is 11.0 Å². The Morgan fingerprint density at radius 1 is 0.962 bits per heavy atom. The molecule has 0 bridgehead atoms. The summed E-state index contributed by atoms with van der Waals surface area (Å²) in [5, 5.41) is 10.7. The smallest absolute Gasteiger partial charge is 0.131 e. The van der Waals surface area contributed by atoms with Gasteiger partial charge in [0.1, 0.15) is 11.5 Å². The number of benzene rings is 3. The lowest BCUT2D eigenvalue weighted by molar-refractivity contribution is 0.406. The highest BCUT2D eigenvalue weighted by Gasteiger charge is 2.25. The number of ether oxygens (including phenoxy) is 1. The molecule has 1 N–H and O–H groups in total. The predicted molar refractivity (Wildman–Crippen MR) is 107 cm³/mol. The topological polar surface area (TPSA) is 41.8 Å². The molecule has 0 spiro atoms. The van der Waals surface area contributed by atoms with E-state index >= 15 is 0 Å². The van der Waals surface area contributed by atoms with Crippen LogP contribution in [0.15, 0.2) is 82.7 Å². The SMILES string of the molecule is COc1cccc(O)c1C1=Nc2ccccc2S[C@@H](c2ccccc2)C1. The number of rotatable bonds is 3. The third kappa shape index (κ3) is 3.20. The summed E-state index contributed by atoms with van der Waals surface area (Å²) < 4.78 is 5.50. The summed E-state index contributed by atoms with van der Waals surface area (Å²) in [5.41, 5.74) is 3.69. The highest BCUT2D eigenvalue weighted by Crippen LogP contribution is 2.46. The van der Waals surface area contributed by atoms with Gasteiger partial charge in [-0.05, 0) is 29.8 Å². The summed E-state index contributed by atoms with van der Waals surface area (Å²) in [6.07, 6.45) is 0.706. The number of aliphatic imine (C=N–C) groups is 1. The van der Waals surface area contributed by atoms with Gasteiger partial charge in [-0.15, -0.1) is 11.8 Å². The predicted octanol–water partition coefficient (Wildman–Crippen LogP) is 5.76. The zero-order chi connectivity index (χ0) is 17.9. The van der Waals surface area contributed by atoms with Crippen molar-refractivity contribution in [1.82, 2.24) is 0 Å². The standard InChI is InChI=1S/C22H19NO2S/c1-25-19-12-7-11-18(24)22(19)17-14-21(15-8-3-2-4-9-15)26-20-13-6-5-10-16(20)23-17/h2-13,21,24H,14H2,1H3/t21-/m1/s1. The summed E-state index contributed by atoms with van der Waals surface area (Å²) in [4.78, 5) is 6.05. The number of phenolic OH excluding ortho intramolecular Hbond substituents is 1. The Labute approximate surface area is 157 Å². The first-order valence-corrected chi connectivity index (χ1v) is 9.39. The lowest BCUT2D eigenvalue weighted by Gasteiger charge is -2.17. The second-order valence-corrected chi connectivity index (χ2v) is 7.35. The van der Waals surface area contributed by atoms with Gasteiger partial charge in [-0.25, -0.2) is 0 Å². The number of hydrogen-bond acceptors (Lipinski definition) is 4. The molecule has 3 aromatic carbocycles. The molecule has 4 heteroatoms. The van der Waals surface area contributed by atoms with E-state index in [4.69, 9.17) is 9.73 Å². The van der Waals surface area contributed by atoms with Crippen LogP contribution in [0.3, 0.4) is 0 Å². The number of aromatic hydroxyl groups is 1. The van der Waals surface area contributed by atoms with Crippen molar-refractivity contribution in [3.05, 3.63) is 83.9 Å². The van der Waals surface area contributed by atoms with E-state index in [2.05, 4.69) is 30.3 Å². The van der Waals surface area contributed by atoms with Crippen LogP contribution in [0.1, 0.15) is 22.8 Å². The van der Waals surface area contributed by atoms with Crippen LogP contribution in [0.25, 0.3) is 0 Å². The number of phenols is 1. The number of para-hydroxylation sites is 1. The number of hydrogen-bond donors (Lipinski definition) is 1. The van der Waals surface area contributed by atoms with Gasteiger partial charge in [-0.1, -0.05) is 48.5 Å². The minimum atomic E-state index is 0.194. The maximum Gasteiger partial charge on any atom is 0.131 e. The maximum atomic E-state index is 10.5. The molecule has 1 heterocycles. The van der Waals surface area contributed by atoms with Crippen molar-refractivity contribution in [3.63, 3.8) is 0 Å². The second kappa shape index (κ2) is 7.26. The quantitative estimate of drug-likeness (QED) is 0.645. The average Bonchev–Trinajstić information content (AvgIpc) is 2.88. The van der Waals surface area contributed by atoms with Gasteiger partial charge in [0, 0.05) is 16.6 Å². The van der Waals surface area contributed by atoms with E-state index in [9.17, 15) is 5.11 Å². The molecule has 26 heavy (non-hydrogen) atoms. The monoisotopic (exact) mass is 361 g/mol. The van der Waals surface area contributed by atoms with Crippen LogP contribution in [0.2, 0.25) is 0 Å². The van der Waals surface area contributed by atoms with Crippen molar-refractivity contribution in [2.45, 2.75) is 16.6 Å². The fourth-order valence-electron chi connectivity index (χ4n) is 3.20. The summed E-state index contributed by atoms with van der Waals surface area (Å²) >= 11 is 1.81. The van der Waals surface area contributed by atoms with Crippen LogP contribution in [0.5, 0.6) is 11.5 Å². The molecule has 1 atom stereocenters. The van der Waals surface area contributed by atoms with Gasteiger partial charge in [-0.2, -0.15) is 0 Å². The van der Waals surface area contributed by atoms with Crippen molar-refractivity contribution in [2.24, 2.45) is 4.99 Å². The first-order chi connectivity index (χ1) is 12.8. The van der Waals surface area contributed by atoms with Gasteiger partial charge in [0.25, 0.3) is 0 Å². The fraction of sp³-hybridized carbons (Fsp3) is 0.136. The van der Waals surface area contributed by atoms with Crippen LogP contribution >= 0.6 is 11.8 Å². The van der Waals surface area contributed by atoms with Crippen molar-refractivity contribution in [1.29, 1.82) is 0 Å². The number of methoxy groups -OCH3 is 1. The molecule has 1 aliphatic rings. The highest BCUT2D eigenvalue weighted by molar-refractivity contribution is 7.99. The fourth-order valence-corrected chi connectivity index (χ4v) is 4.43. The molecule has 0 saturated heterocycles. The minimum absolute atomic E-state index is 0.194. The molecule has 0 aromatic heterocycles. The molecule has 4 rings (SSSR count). The lowest BCUT2D eigenvalue weighted by atomic mass is 9.99. The van der Waals surface area contributed by atoms with Gasteiger partial charge in [-0.3, -0.25) is 4.99 Å². The molecule has 3 aromatic rings. The third-order valence-electron chi connectivity index (χ3n) is 4.45. The molecule has 3 nitrogen and oxygen atoms in total. The van der Waals surface area contributed by atoms with Crippen LogP contribution < -0.4 is 4.74 Å². The van der Waals surface area contributed by atoms with E-state index in [0.29, 0.717) is 17.7 Å². The van der Waals surface area contributed by atoms with Gasteiger partial charge < -0.3 is 9.84 Å². The summed E-state index contributed by atoms with van der Waals surface area (Å²) in [5.74, 6) is 0.833. The Kier molecular flexibility index (Phi) is 4.67. The van der Waals surface area contributed by atoms with Gasteiger partial charge in [0.2, 0.25) is 0 Å². The molecule has 1 aliphatic heterocycles. The molecular formula is C22H19NO2S. The molecule has 0 fully saturated rings. The van der Waals surface area contributed by atoms with Crippen LogP contribution in [-0.4, -0.2) is 17.9 Å². The number of thioether (sulfide) groups is 1. The normalized spacial score (nSPS) is 16.3. The Balaban J connectivity index is 1.87. The van der Waals surface area contributed by atoms with Gasteiger partial charge >= 0.3 is 0 Å². The van der Waals surface area contributed by atoms with E-state index in [1.54, 1.807) is 19.2 Å². The van der Waals surface area contributed by atoms with E-state index < -0.39 is 0 Å². The lowest BCUT2D eigenvalue weighted by Crippen LogP contribution is -2.07. The highest BCUT2D eigenvalue weighted by atomic mass is 32.2. The second-order valence-electron chi connectivity index (χ2n) is 6.10. The molecule has 0 radical (unpaired) electrons. The maximum absolute atomic E-state index is 10.5. The summed E-state index contributed by atoms with van der Waals surface area (Å²) in [6.45, 7) is 0. The number of fused-ring (bicyclic) bond motifs is 1. The third-order valence-corrected chi connectivity index (χ3v) is 5.78. The molecule has 0 unspecified atom stereocenters. The first kappa shape index (κ1) is 16.7. The van der Waals surface area contributed by atoms with Gasteiger partial charge in [0.05, 0.1) is 24.1 Å². The minimum Gasteiger partial charge on any atom is -0.507 e. The van der Waals surface area contributed by atoms with E-state index in [1.807, 2.05) is 42.1 Å². The summed E-state index contributed by atoms with van der Waals surface area (Å²) in [7, 11) is 1.62. The largest absolute Gasteiger partial charge is 0.507 e. The Hall–Kier alpha value is -2.72. The zero-order valence-electron chi connectivity index (χ0n) is 14.4. The Bertz CT molecular complexity index is 953. The molecular weight excluding hydrogens is 342 g/mol. The van der Waals surface area contributed by atoms with Crippen LogP contribution in [0.4, 0.5) is 5.69 Å². The van der Waals surface area contributed by atoms with Crippen molar-refractivity contribution >= 4 is 23.2 Å². The molecule has 130 valence electrons. The van der Waals surface area contributed by atoms with E-state index in [0.717, 1.165) is 16.3 Å². The van der Waals surface area contributed by atoms with E-state index in [1.165, 1.54) is 5.56 Å². The molecule has 0 aliphatic carbocycles. The van der Waals surface area contributed by atoms with Crippen molar-refractivity contribution in [2.75, 3.05) is 7.11 Å². The first-order valence-electron chi connectivity index (χ1n) is 8.51. The Morgan fingerprint density at radius 2 is 1.73 bits per heavy atom. The summed E-state index contributed by atoms with van der Waals surface area (Å²) in [6, 6.07) is 23.9. The molecule has 0 saturated carbocycles. The van der Waals surface area contributed by atoms with Crippen molar-refractivity contribution in [3.8, 4) is 11.5 Å². The Morgan fingerprint density at radius 3 is 2.54 bits per heavy atom. The molecule has 0 amide bonds.